The van der Waals surface area contributed by atoms with Crippen molar-refractivity contribution in [1.29, 1.82) is 0 Å². The Morgan fingerprint density at radius 3 is 3.00 bits per heavy atom. The van der Waals surface area contributed by atoms with Crippen LogP contribution in [0.3, 0.4) is 0 Å². The van der Waals surface area contributed by atoms with Crippen molar-refractivity contribution < 1.29 is 14.6 Å². The first kappa shape index (κ1) is 11.2. The van der Waals surface area contributed by atoms with Gasteiger partial charge in [-0.1, -0.05) is 6.07 Å². The van der Waals surface area contributed by atoms with Crippen molar-refractivity contribution >= 4 is 11.6 Å². The van der Waals surface area contributed by atoms with E-state index in [1.807, 2.05) is 0 Å². The van der Waals surface area contributed by atoms with Crippen LogP contribution >= 0.6 is 0 Å². The van der Waals surface area contributed by atoms with Crippen LogP contribution in [0.5, 0.6) is 0 Å². The van der Waals surface area contributed by atoms with Gasteiger partial charge in [-0.2, -0.15) is 0 Å². The molecule has 2 aromatic rings. The highest BCUT2D eigenvalue weighted by Gasteiger charge is 2.23. The number of nitrogens with zero attached hydrogens (tertiary/aromatic N) is 3. The maximum atomic E-state index is 11.2. The molecule has 1 aliphatic heterocycles. The molecular weight excluding hydrogens is 234 g/mol. The van der Waals surface area contributed by atoms with E-state index in [0.717, 1.165) is 19.3 Å². The molecule has 1 unspecified atom stereocenters. The zero-order chi connectivity index (χ0) is 12.5. The van der Waals surface area contributed by atoms with E-state index in [2.05, 4.69) is 10.2 Å². The number of rotatable bonds is 2. The van der Waals surface area contributed by atoms with Gasteiger partial charge in [-0.25, -0.2) is 4.79 Å². The van der Waals surface area contributed by atoms with Crippen LogP contribution in [0, 0.1) is 0 Å². The van der Waals surface area contributed by atoms with Gasteiger partial charge in [0, 0.05) is 6.61 Å². The summed E-state index contributed by atoms with van der Waals surface area (Å²) < 4.78 is 7.22. The summed E-state index contributed by atoms with van der Waals surface area (Å²) in [6.45, 7) is 0.689. The number of aromatic carboxylic acids is 1. The first-order valence-corrected chi connectivity index (χ1v) is 5.96. The van der Waals surface area contributed by atoms with Crippen molar-refractivity contribution in [2.75, 3.05) is 6.61 Å². The molecule has 1 fully saturated rings. The summed E-state index contributed by atoms with van der Waals surface area (Å²) in [5.41, 5.74) is 0.709. The van der Waals surface area contributed by atoms with Gasteiger partial charge in [-0.3, -0.25) is 4.40 Å². The summed E-state index contributed by atoms with van der Waals surface area (Å²) in [7, 11) is 0. The van der Waals surface area contributed by atoms with Gasteiger partial charge < -0.3 is 9.84 Å². The van der Waals surface area contributed by atoms with Crippen LogP contribution in [-0.2, 0) is 4.74 Å². The van der Waals surface area contributed by atoms with Crippen LogP contribution in [0.2, 0.25) is 0 Å². The minimum atomic E-state index is -0.988. The number of ether oxygens (including phenoxy) is 1. The first-order chi connectivity index (χ1) is 8.77. The average Bonchev–Trinajstić information content (AvgIpc) is 2.83. The molecule has 6 nitrogen and oxygen atoms in total. The molecule has 0 saturated carbocycles. The third-order valence-electron chi connectivity index (χ3n) is 3.14. The number of aromatic nitrogens is 3. The molecule has 1 aliphatic rings. The summed E-state index contributed by atoms with van der Waals surface area (Å²) in [4.78, 5) is 11.2. The molecule has 1 atom stereocenters. The lowest BCUT2D eigenvalue weighted by Crippen LogP contribution is -2.16. The molecule has 1 N–H and O–H groups in total. The van der Waals surface area contributed by atoms with Gasteiger partial charge in [0.05, 0.1) is 0 Å². The van der Waals surface area contributed by atoms with Gasteiger partial charge in [-0.05, 0) is 31.4 Å². The van der Waals surface area contributed by atoms with Crippen molar-refractivity contribution in [3.05, 3.63) is 29.7 Å². The van der Waals surface area contributed by atoms with Gasteiger partial charge in [0.15, 0.2) is 11.5 Å². The van der Waals surface area contributed by atoms with E-state index >= 15 is 0 Å². The molecule has 6 heteroatoms. The topological polar surface area (TPSA) is 76.7 Å². The van der Waals surface area contributed by atoms with E-state index in [0.29, 0.717) is 18.1 Å². The van der Waals surface area contributed by atoms with Crippen molar-refractivity contribution in [3.63, 3.8) is 0 Å². The molecule has 94 valence electrons. The molecule has 0 bridgehead atoms. The number of carboxylic acids is 1. The number of carbonyl (C=O) groups is 1. The van der Waals surface area contributed by atoms with Crippen molar-refractivity contribution in [2.24, 2.45) is 0 Å². The summed E-state index contributed by atoms with van der Waals surface area (Å²) in [5, 5.41) is 17.3. The molecule has 2 aromatic heterocycles. The molecule has 0 aliphatic carbocycles. The van der Waals surface area contributed by atoms with E-state index in [1.165, 1.54) is 0 Å². The maximum absolute atomic E-state index is 11.2. The molecular formula is C12H13N3O3. The lowest BCUT2D eigenvalue weighted by atomic mass is 10.1. The Balaban J connectivity index is 2.14. The number of pyridine rings is 1. The summed E-state index contributed by atoms with van der Waals surface area (Å²) in [6, 6.07) is 4.95. The zero-order valence-electron chi connectivity index (χ0n) is 9.74. The summed E-state index contributed by atoms with van der Waals surface area (Å²) >= 11 is 0. The molecule has 0 amide bonds. The van der Waals surface area contributed by atoms with Crippen molar-refractivity contribution in [2.45, 2.75) is 25.4 Å². The molecule has 1 saturated heterocycles. The molecule has 3 rings (SSSR count). The lowest BCUT2D eigenvalue weighted by Gasteiger charge is -2.21. The molecule has 0 radical (unpaired) electrons. The largest absolute Gasteiger partial charge is 0.477 e. The van der Waals surface area contributed by atoms with Crippen LogP contribution in [0.25, 0.3) is 5.65 Å². The Morgan fingerprint density at radius 2 is 2.28 bits per heavy atom. The SMILES string of the molecule is O=C(O)c1cccc2nnc(C3CCCCO3)n12. The van der Waals surface area contributed by atoms with Gasteiger partial charge in [0.1, 0.15) is 11.8 Å². The minimum absolute atomic E-state index is 0.158. The predicted molar refractivity (Wildman–Crippen MR) is 62.5 cm³/mol. The van der Waals surface area contributed by atoms with E-state index in [4.69, 9.17) is 4.74 Å². The fourth-order valence-corrected chi connectivity index (χ4v) is 2.28. The monoisotopic (exact) mass is 247 g/mol. The third kappa shape index (κ3) is 1.74. The Hall–Kier alpha value is -1.95. The molecule has 3 heterocycles. The van der Waals surface area contributed by atoms with Crippen molar-refractivity contribution in [1.82, 2.24) is 14.6 Å². The summed E-state index contributed by atoms with van der Waals surface area (Å²) in [6.07, 6.45) is 2.80. The Bertz CT molecular complexity index is 587. The average molecular weight is 247 g/mol. The van der Waals surface area contributed by atoms with Crippen molar-refractivity contribution in [3.8, 4) is 0 Å². The second-order valence-electron chi connectivity index (χ2n) is 4.32. The van der Waals surface area contributed by atoms with Crippen LogP contribution in [0.4, 0.5) is 0 Å². The van der Waals surface area contributed by atoms with Gasteiger partial charge in [-0.15, -0.1) is 10.2 Å². The van der Waals surface area contributed by atoms with Gasteiger partial charge in [0.25, 0.3) is 0 Å². The molecule has 0 aromatic carbocycles. The first-order valence-electron chi connectivity index (χ1n) is 5.96. The van der Waals surface area contributed by atoms with Crippen LogP contribution < -0.4 is 0 Å². The fraction of sp³-hybridized carbons (Fsp3) is 0.417. The minimum Gasteiger partial charge on any atom is -0.477 e. The van der Waals surface area contributed by atoms with Crippen LogP contribution in [0.1, 0.15) is 41.7 Å². The normalized spacial score (nSPS) is 20.1. The van der Waals surface area contributed by atoms with E-state index < -0.39 is 5.97 Å². The van der Waals surface area contributed by atoms with E-state index in [9.17, 15) is 9.90 Å². The van der Waals surface area contributed by atoms with Gasteiger partial charge >= 0.3 is 5.97 Å². The lowest BCUT2D eigenvalue weighted by molar-refractivity contribution is 0.00867. The zero-order valence-corrected chi connectivity index (χ0v) is 9.74. The molecule has 0 spiro atoms. The van der Waals surface area contributed by atoms with E-state index in [1.54, 1.807) is 22.6 Å². The van der Waals surface area contributed by atoms with Crippen LogP contribution in [-0.4, -0.2) is 32.3 Å². The number of carboxylic acid groups (broad SMARTS) is 1. The second kappa shape index (κ2) is 4.38. The number of fused-ring (bicyclic) bond motifs is 1. The smallest absolute Gasteiger partial charge is 0.352 e. The second-order valence-corrected chi connectivity index (χ2v) is 4.32. The highest BCUT2D eigenvalue weighted by molar-refractivity contribution is 5.86. The highest BCUT2D eigenvalue weighted by Crippen LogP contribution is 2.27. The number of hydrogen-bond acceptors (Lipinski definition) is 4. The quantitative estimate of drug-likeness (QED) is 0.873. The Kier molecular flexibility index (Phi) is 2.71. The highest BCUT2D eigenvalue weighted by atomic mass is 16.5. The van der Waals surface area contributed by atoms with E-state index in [-0.39, 0.29) is 11.8 Å². The third-order valence-corrected chi connectivity index (χ3v) is 3.14. The van der Waals surface area contributed by atoms with Crippen LogP contribution in [0.15, 0.2) is 18.2 Å². The Morgan fingerprint density at radius 1 is 1.39 bits per heavy atom. The standard InChI is InChI=1S/C12H13N3O3/c16-12(17)8-4-3-6-10-13-14-11(15(8)10)9-5-1-2-7-18-9/h3-4,6,9H,1-2,5,7H2,(H,16,17). The fourth-order valence-electron chi connectivity index (χ4n) is 2.28. The van der Waals surface area contributed by atoms with Gasteiger partial charge in [0.2, 0.25) is 0 Å². The molecule has 18 heavy (non-hydrogen) atoms. The Labute approximate surface area is 103 Å². The predicted octanol–water partition coefficient (Wildman–Crippen LogP) is 1.67. The summed E-state index contributed by atoms with van der Waals surface area (Å²) in [5.74, 6) is -0.403. The number of hydrogen-bond donors (Lipinski definition) is 1. The maximum Gasteiger partial charge on any atom is 0.352 e.